The third-order valence-electron chi connectivity index (χ3n) is 13.3. The number of furan rings is 1. The number of esters is 4. The first-order chi connectivity index (χ1) is 22.3. The highest BCUT2D eigenvalue weighted by Gasteiger charge is 2.96. The van der Waals surface area contributed by atoms with Crippen LogP contribution in [0.4, 0.5) is 0 Å². The number of rotatable bonds is 8. The van der Waals surface area contributed by atoms with Gasteiger partial charge in [-0.2, -0.15) is 0 Å². The Morgan fingerprint density at radius 1 is 1.02 bits per heavy atom. The molecule has 266 valence electrons. The number of fused-ring (bicyclic) bond motifs is 2. The predicted molar refractivity (Wildman–Crippen MR) is 166 cm³/mol. The van der Waals surface area contributed by atoms with Gasteiger partial charge in [0.2, 0.25) is 5.79 Å². The molecule has 3 saturated heterocycles. The normalized spacial score (nSPS) is 44.3. The highest BCUT2D eigenvalue weighted by Crippen LogP contribution is 2.82. The van der Waals surface area contributed by atoms with E-state index in [2.05, 4.69) is 0 Å². The number of ether oxygens (including phenoxy) is 5. The van der Waals surface area contributed by atoms with Crippen LogP contribution in [-0.2, 0) is 42.9 Å². The maximum Gasteiger partial charge on any atom is 0.309 e. The second-order valence-electron chi connectivity index (χ2n) is 16.2. The second kappa shape index (κ2) is 11.0. The Bertz CT molecular complexity index is 1490. The molecule has 5 fully saturated rings. The molecule has 1 aromatic rings. The summed E-state index contributed by atoms with van der Waals surface area (Å²) in [6.45, 7) is 14.2. The fourth-order valence-electron chi connectivity index (χ4n) is 10.8. The molecule has 2 N–H and O–H groups in total. The van der Waals surface area contributed by atoms with Gasteiger partial charge in [0.15, 0.2) is 11.7 Å². The average Bonchev–Trinajstić information content (AvgIpc) is 3.68. The summed E-state index contributed by atoms with van der Waals surface area (Å²) in [6.07, 6.45) is 0.243. The number of methoxy groups -OCH3 is 1. The van der Waals surface area contributed by atoms with Gasteiger partial charge in [0.05, 0.1) is 37.9 Å². The molecule has 12 nitrogen and oxygen atoms in total. The van der Waals surface area contributed by atoms with Crippen molar-refractivity contribution >= 4 is 23.9 Å². The molecule has 2 bridgehead atoms. The molecule has 3 aliphatic heterocycles. The van der Waals surface area contributed by atoms with Crippen molar-refractivity contribution in [2.45, 2.75) is 123 Å². The molecule has 48 heavy (non-hydrogen) atoms. The maximum atomic E-state index is 13.8. The van der Waals surface area contributed by atoms with Gasteiger partial charge in [-0.05, 0) is 31.2 Å². The molecule has 12 heteroatoms. The molecule has 0 aromatic carbocycles. The lowest BCUT2D eigenvalue weighted by Crippen LogP contribution is -2.85. The van der Waals surface area contributed by atoms with E-state index in [1.807, 2.05) is 13.8 Å². The monoisotopic (exact) mass is 674 g/mol. The molecule has 2 saturated carbocycles. The van der Waals surface area contributed by atoms with Crippen LogP contribution < -0.4 is 0 Å². The van der Waals surface area contributed by atoms with Crippen molar-refractivity contribution in [1.29, 1.82) is 0 Å². The number of hydrogen-bond donors (Lipinski definition) is 2. The van der Waals surface area contributed by atoms with Gasteiger partial charge in [-0.1, -0.05) is 55.4 Å². The fourth-order valence-corrected chi connectivity index (χ4v) is 10.8. The largest absolute Gasteiger partial charge is 0.472 e. The third kappa shape index (κ3) is 4.11. The SMILES string of the molecule is CC[C@H](C)C(=O)O[C@H]1[C@@]23O[C@]4(O)[C@@](C)([C@@H](CC(=O)OC)C(C)(C)[C@H](OC(=O)C(C)C)[C@]14O)[C@H]2CC[C@]1(C)[C@H]3CC(=O)O[C@H]1c1ccoc1. The lowest BCUT2D eigenvalue weighted by Gasteiger charge is -2.70. The molecule has 5 aliphatic rings. The zero-order valence-electron chi connectivity index (χ0n) is 29.4. The van der Waals surface area contributed by atoms with Crippen LogP contribution in [-0.4, -0.2) is 70.4 Å². The summed E-state index contributed by atoms with van der Waals surface area (Å²) in [5.74, 6) is -8.13. The molecule has 0 amide bonds. The van der Waals surface area contributed by atoms with Crippen molar-refractivity contribution < 1.29 is 57.5 Å². The Morgan fingerprint density at radius 3 is 2.27 bits per heavy atom. The van der Waals surface area contributed by atoms with Crippen molar-refractivity contribution in [3.05, 3.63) is 24.2 Å². The molecule has 0 unspecified atom stereocenters. The minimum absolute atomic E-state index is 0.150. The van der Waals surface area contributed by atoms with Crippen LogP contribution in [0.1, 0.15) is 99.2 Å². The Hall–Kier alpha value is -2.96. The molecule has 2 aliphatic carbocycles. The van der Waals surface area contributed by atoms with Crippen LogP contribution in [0.15, 0.2) is 23.0 Å². The highest BCUT2D eigenvalue weighted by atomic mass is 16.7. The quantitative estimate of drug-likeness (QED) is 0.298. The zero-order chi connectivity index (χ0) is 35.4. The minimum Gasteiger partial charge on any atom is -0.472 e. The second-order valence-corrected chi connectivity index (χ2v) is 16.2. The summed E-state index contributed by atoms with van der Waals surface area (Å²) in [6, 6.07) is 1.73. The summed E-state index contributed by atoms with van der Waals surface area (Å²) in [5, 5.41) is 26.6. The molecule has 4 heterocycles. The van der Waals surface area contributed by atoms with Gasteiger partial charge in [-0.3, -0.25) is 19.2 Å². The van der Waals surface area contributed by atoms with E-state index in [1.165, 1.54) is 19.6 Å². The molecular formula is C36H50O12. The molecule has 1 aromatic heterocycles. The van der Waals surface area contributed by atoms with Crippen LogP contribution in [0.2, 0.25) is 0 Å². The zero-order valence-corrected chi connectivity index (χ0v) is 29.4. The number of cyclic esters (lactones) is 1. The summed E-state index contributed by atoms with van der Waals surface area (Å²) < 4.78 is 36.0. The van der Waals surface area contributed by atoms with Crippen LogP contribution in [0.25, 0.3) is 0 Å². The molecule has 12 atom stereocenters. The van der Waals surface area contributed by atoms with E-state index in [1.54, 1.807) is 47.6 Å². The first-order valence-corrected chi connectivity index (χ1v) is 17.2. The Labute approximate surface area is 281 Å². The van der Waals surface area contributed by atoms with Gasteiger partial charge in [0.1, 0.15) is 17.8 Å². The predicted octanol–water partition coefficient (Wildman–Crippen LogP) is 4.25. The standard InChI is InChI=1S/C36H50O12/c1-10-19(4)28(40)47-30-34-21(11-13-32(7)23(34)16-25(38)45-26(32)20-12-14-44-17-20)33(8)22(15-24(37)43-9)31(5,6)29(46-27(39)18(2)3)35(30,41)36(33,42)48-34/h12,14,17-19,21-23,26,29-30,41-42H,10-11,13,15-16H2,1-9H3/t19-,21+,22-,23+,26-,29-,30-,32+,33+,34+,35-,36+/m0/s1. The van der Waals surface area contributed by atoms with E-state index in [-0.39, 0.29) is 12.8 Å². The van der Waals surface area contributed by atoms with E-state index in [9.17, 15) is 29.4 Å². The van der Waals surface area contributed by atoms with Crippen LogP contribution >= 0.6 is 0 Å². The van der Waals surface area contributed by atoms with Crippen molar-refractivity contribution in [3.8, 4) is 0 Å². The lowest BCUT2D eigenvalue weighted by molar-refractivity contribution is -0.386. The topological polar surface area (TPSA) is 168 Å². The fraction of sp³-hybridized carbons (Fsp3) is 0.778. The Morgan fingerprint density at radius 2 is 1.69 bits per heavy atom. The van der Waals surface area contributed by atoms with E-state index >= 15 is 0 Å². The Kier molecular flexibility index (Phi) is 8.01. The van der Waals surface area contributed by atoms with Gasteiger partial charge < -0.3 is 38.3 Å². The van der Waals surface area contributed by atoms with Crippen molar-refractivity contribution in [2.75, 3.05) is 7.11 Å². The van der Waals surface area contributed by atoms with Crippen molar-refractivity contribution in [3.63, 3.8) is 0 Å². The molecular weight excluding hydrogens is 624 g/mol. The van der Waals surface area contributed by atoms with E-state index in [4.69, 9.17) is 28.1 Å². The number of aliphatic hydroxyl groups is 2. The van der Waals surface area contributed by atoms with E-state index in [0.717, 1.165) is 0 Å². The van der Waals surface area contributed by atoms with Gasteiger partial charge in [0.25, 0.3) is 0 Å². The molecule has 0 radical (unpaired) electrons. The maximum absolute atomic E-state index is 13.8. The van der Waals surface area contributed by atoms with Gasteiger partial charge in [-0.25, -0.2) is 0 Å². The van der Waals surface area contributed by atoms with Crippen molar-refractivity contribution in [2.24, 2.45) is 45.8 Å². The summed E-state index contributed by atoms with van der Waals surface area (Å²) in [7, 11) is 1.28. The van der Waals surface area contributed by atoms with Crippen LogP contribution in [0.5, 0.6) is 0 Å². The lowest BCUT2D eigenvalue weighted by atomic mass is 9.35. The molecule has 1 spiro atoms. The van der Waals surface area contributed by atoms with Gasteiger partial charge in [-0.15, -0.1) is 0 Å². The average molecular weight is 675 g/mol. The third-order valence-corrected chi connectivity index (χ3v) is 13.3. The summed E-state index contributed by atoms with van der Waals surface area (Å²) >= 11 is 0. The minimum atomic E-state index is -2.51. The summed E-state index contributed by atoms with van der Waals surface area (Å²) in [5.41, 5.74) is -6.89. The van der Waals surface area contributed by atoms with Crippen LogP contribution in [0.3, 0.4) is 0 Å². The first-order valence-electron chi connectivity index (χ1n) is 17.2. The number of carbonyl (C=O) groups excluding carboxylic acids is 4. The molecule has 6 rings (SSSR count). The first kappa shape index (κ1) is 34.9. The number of hydrogen-bond acceptors (Lipinski definition) is 12. The van der Waals surface area contributed by atoms with Crippen LogP contribution in [0, 0.1) is 45.8 Å². The Balaban J connectivity index is 1.64. The van der Waals surface area contributed by atoms with Gasteiger partial charge >= 0.3 is 23.9 Å². The summed E-state index contributed by atoms with van der Waals surface area (Å²) in [4.78, 5) is 53.9. The van der Waals surface area contributed by atoms with Gasteiger partial charge in [0, 0.05) is 40.1 Å². The number of carbonyl (C=O) groups is 4. The van der Waals surface area contributed by atoms with E-state index < -0.39 is 105 Å². The van der Waals surface area contributed by atoms with E-state index in [0.29, 0.717) is 24.8 Å². The highest BCUT2D eigenvalue weighted by molar-refractivity contribution is 5.75. The van der Waals surface area contributed by atoms with Crippen molar-refractivity contribution in [1.82, 2.24) is 0 Å². The smallest absolute Gasteiger partial charge is 0.309 e.